The largest absolute Gasteiger partial charge is 0.463 e. The summed E-state index contributed by atoms with van der Waals surface area (Å²) in [6.07, 6.45) is -0.0806. The van der Waals surface area contributed by atoms with Crippen LogP contribution < -0.4 is 0 Å². The van der Waals surface area contributed by atoms with Crippen LogP contribution in [0.2, 0.25) is 0 Å². The summed E-state index contributed by atoms with van der Waals surface area (Å²) >= 11 is 0. The summed E-state index contributed by atoms with van der Waals surface area (Å²) < 4.78 is 33.1. The van der Waals surface area contributed by atoms with Gasteiger partial charge in [0.05, 0.1) is 6.61 Å². The van der Waals surface area contributed by atoms with Crippen molar-refractivity contribution in [2.45, 2.75) is 91.0 Å². The predicted molar refractivity (Wildman–Crippen MR) is 123 cm³/mol. The molecule has 0 amide bonds. The van der Waals surface area contributed by atoms with Crippen LogP contribution in [0, 0.1) is 5.92 Å². The van der Waals surface area contributed by atoms with E-state index >= 15 is 0 Å². The molecule has 0 aromatic heterocycles. The molecule has 10 heteroatoms. The van der Waals surface area contributed by atoms with Crippen molar-refractivity contribution in [2.75, 3.05) is 13.2 Å². The minimum Gasteiger partial charge on any atom is -0.463 e. The first-order valence-corrected chi connectivity index (χ1v) is 11.7. The Morgan fingerprint density at radius 3 is 2.03 bits per heavy atom. The second-order valence-corrected chi connectivity index (χ2v) is 8.87. The van der Waals surface area contributed by atoms with E-state index in [0.29, 0.717) is 12.3 Å². The van der Waals surface area contributed by atoms with Crippen LogP contribution in [0.15, 0.2) is 23.8 Å². The first kappa shape index (κ1) is 28.5. The van der Waals surface area contributed by atoms with Crippen LogP contribution in [0.4, 0.5) is 0 Å². The molecule has 0 radical (unpaired) electrons. The molecule has 0 spiro atoms. The molecule has 2 aliphatic rings. The fraction of sp³-hybridized carbons (Fsp3) is 0.680. The van der Waals surface area contributed by atoms with E-state index in [1.54, 1.807) is 0 Å². The van der Waals surface area contributed by atoms with Crippen LogP contribution in [0.3, 0.4) is 0 Å². The molecule has 6 atom stereocenters. The molecule has 10 nitrogen and oxygen atoms in total. The van der Waals surface area contributed by atoms with E-state index in [-0.39, 0.29) is 13.2 Å². The second kappa shape index (κ2) is 13.4. The number of carbonyl (C=O) groups excluding carboxylic acids is 4. The fourth-order valence-electron chi connectivity index (χ4n) is 4.19. The van der Waals surface area contributed by atoms with E-state index in [9.17, 15) is 19.2 Å². The number of hydrogen-bond donors (Lipinski definition) is 0. The van der Waals surface area contributed by atoms with Gasteiger partial charge in [0.1, 0.15) is 12.7 Å². The molecule has 1 fully saturated rings. The number of rotatable bonds is 10. The normalized spacial score (nSPS) is 28.3. The summed E-state index contributed by atoms with van der Waals surface area (Å²) in [5.41, 5.74) is 2.42. The molecular weight excluding hydrogens is 460 g/mol. The van der Waals surface area contributed by atoms with Crippen molar-refractivity contribution in [3.63, 3.8) is 0 Å². The van der Waals surface area contributed by atoms with Crippen LogP contribution in [0.1, 0.15) is 60.3 Å². The average molecular weight is 497 g/mol. The van der Waals surface area contributed by atoms with E-state index in [1.165, 1.54) is 38.8 Å². The number of allylic oxidation sites excluding steroid dienone is 2. The van der Waals surface area contributed by atoms with Crippen LogP contribution in [-0.4, -0.2) is 67.8 Å². The molecule has 1 saturated heterocycles. The maximum Gasteiger partial charge on any atom is 0.303 e. The molecule has 1 heterocycles. The Morgan fingerprint density at radius 1 is 0.914 bits per heavy atom. The summed E-state index contributed by atoms with van der Waals surface area (Å²) in [4.78, 5) is 46.9. The molecule has 196 valence electrons. The molecule has 1 unspecified atom stereocenters. The zero-order valence-corrected chi connectivity index (χ0v) is 21.1. The summed E-state index contributed by atoms with van der Waals surface area (Å²) in [5, 5.41) is 0. The standard InChI is InChI=1S/C25H36O10/c1-14(2)20-9-7-19(8-10-20)11-12-30-25-24(34-18(6)29)23(33-17(5)28)22(32-16(4)27)21(35-25)13-31-15(3)26/h7,20-25H,1,8-13H2,2-6H3/t20?,21-,22-,23+,24-,25-/m1/s1. The third-order valence-corrected chi connectivity index (χ3v) is 5.86. The first-order valence-electron chi connectivity index (χ1n) is 11.7. The van der Waals surface area contributed by atoms with E-state index in [0.717, 1.165) is 19.3 Å². The number of esters is 4. The maximum atomic E-state index is 11.9. The molecule has 1 aliphatic carbocycles. The highest BCUT2D eigenvalue weighted by atomic mass is 16.7. The summed E-state index contributed by atoms with van der Waals surface area (Å²) in [6.45, 7) is 10.8. The third-order valence-electron chi connectivity index (χ3n) is 5.86. The lowest BCUT2D eigenvalue weighted by atomic mass is 9.85. The van der Waals surface area contributed by atoms with Crippen LogP contribution in [0.5, 0.6) is 0 Å². The molecular formula is C25H36O10. The van der Waals surface area contributed by atoms with Crippen molar-refractivity contribution in [1.82, 2.24) is 0 Å². The highest BCUT2D eigenvalue weighted by Gasteiger charge is 2.52. The van der Waals surface area contributed by atoms with Gasteiger partial charge in [0.15, 0.2) is 24.6 Å². The summed E-state index contributed by atoms with van der Waals surface area (Å²) in [5.74, 6) is -2.11. The average Bonchev–Trinajstić information content (AvgIpc) is 2.75. The zero-order valence-electron chi connectivity index (χ0n) is 21.1. The number of hydrogen-bond acceptors (Lipinski definition) is 10. The lowest BCUT2D eigenvalue weighted by molar-refractivity contribution is -0.307. The van der Waals surface area contributed by atoms with Gasteiger partial charge in [0, 0.05) is 27.7 Å². The zero-order chi connectivity index (χ0) is 26.1. The second-order valence-electron chi connectivity index (χ2n) is 8.87. The van der Waals surface area contributed by atoms with Crippen molar-refractivity contribution < 1.29 is 47.6 Å². The Morgan fingerprint density at radius 2 is 1.51 bits per heavy atom. The minimum atomic E-state index is -1.23. The first-order chi connectivity index (χ1) is 16.5. The van der Waals surface area contributed by atoms with Crippen molar-refractivity contribution in [2.24, 2.45) is 5.92 Å². The Hall–Kier alpha value is -2.72. The predicted octanol–water partition coefficient (Wildman–Crippen LogP) is 2.78. The number of ether oxygens (including phenoxy) is 6. The highest BCUT2D eigenvalue weighted by Crippen LogP contribution is 2.32. The van der Waals surface area contributed by atoms with Crippen molar-refractivity contribution in [1.29, 1.82) is 0 Å². The van der Waals surface area contributed by atoms with Gasteiger partial charge in [-0.15, -0.1) is 0 Å². The van der Waals surface area contributed by atoms with Gasteiger partial charge in [0.25, 0.3) is 0 Å². The SMILES string of the molecule is C=C(C)C1CC=C(CCO[C@@H]2O[C@H](COC(C)=O)[C@@H](OC(C)=O)[C@H](OC(C)=O)[C@H]2OC(C)=O)CC1. The minimum absolute atomic E-state index is 0.247. The molecule has 0 aromatic carbocycles. The smallest absolute Gasteiger partial charge is 0.303 e. The molecule has 2 rings (SSSR count). The van der Waals surface area contributed by atoms with Crippen LogP contribution in [-0.2, 0) is 47.6 Å². The van der Waals surface area contributed by atoms with Crippen molar-refractivity contribution in [3.8, 4) is 0 Å². The van der Waals surface area contributed by atoms with Gasteiger partial charge in [-0.2, -0.15) is 0 Å². The molecule has 0 N–H and O–H groups in total. The third kappa shape index (κ3) is 9.10. The maximum absolute atomic E-state index is 11.9. The van der Waals surface area contributed by atoms with Gasteiger partial charge in [-0.1, -0.05) is 23.8 Å². The number of carbonyl (C=O) groups is 4. The van der Waals surface area contributed by atoms with Crippen LogP contribution in [0.25, 0.3) is 0 Å². The van der Waals surface area contributed by atoms with Crippen LogP contribution >= 0.6 is 0 Å². The monoisotopic (exact) mass is 496 g/mol. The summed E-state index contributed by atoms with van der Waals surface area (Å²) in [6, 6.07) is 0. The molecule has 1 aliphatic heterocycles. The fourth-order valence-corrected chi connectivity index (χ4v) is 4.19. The van der Waals surface area contributed by atoms with Gasteiger partial charge in [-0.25, -0.2) is 0 Å². The summed E-state index contributed by atoms with van der Waals surface area (Å²) in [7, 11) is 0. The van der Waals surface area contributed by atoms with E-state index in [1.807, 2.05) is 6.92 Å². The van der Waals surface area contributed by atoms with E-state index in [2.05, 4.69) is 12.7 Å². The Balaban J connectivity index is 2.20. The Kier molecular flexibility index (Phi) is 10.9. The molecule has 0 aromatic rings. The topological polar surface area (TPSA) is 124 Å². The van der Waals surface area contributed by atoms with Gasteiger partial charge in [-0.05, 0) is 38.5 Å². The van der Waals surface area contributed by atoms with E-state index in [4.69, 9.17) is 28.4 Å². The van der Waals surface area contributed by atoms with Gasteiger partial charge >= 0.3 is 23.9 Å². The Labute approximate surface area is 205 Å². The quantitative estimate of drug-likeness (QED) is 0.253. The van der Waals surface area contributed by atoms with Gasteiger partial charge in [0.2, 0.25) is 0 Å². The lowest BCUT2D eigenvalue weighted by Gasteiger charge is -2.44. The highest BCUT2D eigenvalue weighted by molar-refractivity contribution is 5.68. The van der Waals surface area contributed by atoms with Gasteiger partial charge in [-0.3, -0.25) is 19.2 Å². The van der Waals surface area contributed by atoms with Crippen molar-refractivity contribution in [3.05, 3.63) is 23.8 Å². The van der Waals surface area contributed by atoms with E-state index < -0.39 is 54.6 Å². The Bertz CT molecular complexity index is 832. The van der Waals surface area contributed by atoms with Gasteiger partial charge < -0.3 is 28.4 Å². The van der Waals surface area contributed by atoms with Crippen molar-refractivity contribution >= 4 is 23.9 Å². The molecule has 35 heavy (non-hydrogen) atoms. The molecule has 0 saturated carbocycles. The lowest BCUT2D eigenvalue weighted by Crippen LogP contribution is -2.63. The molecule has 0 bridgehead atoms.